The first-order chi connectivity index (χ1) is 15.8. The van der Waals surface area contributed by atoms with Crippen molar-refractivity contribution < 1.29 is 38.4 Å². The zero-order chi connectivity index (χ0) is 24.7. The summed E-state index contributed by atoms with van der Waals surface area (Å²) in [6.07, 6.45) is 2.69. The van der Waals surface area contributed by atoms with Crippen LogP contribution in [0.25, 0.3) is 0 Å². The Balaban J connectivity index is 2.07. The Kier molecular flexibility index (Phi) is 9.55. The molecule has 0 heterocycles. The minimum atomic E-state index is -0.441. The minimum Gasteiger partial charge on any atom is -0.495 e. The number of rotatable bonds is 12. The molecule has 0 fully saturated rings. The second kappa shape index (κ2) is 11.9. The van der Waals surface area contributed by atoms with E-state index >= 15 is 0 Å². The van der Waals surface area contributed by atoms with Crippen molar-refractivity contribution in [2.24, 2.45) is 0 Å². The summed E-state index contributed by atoms with van der Waals surface area (Å²) in [6, 6.07) is 0. The first-order valence-corrected chi connectivity index (χ1v) is 11.1. The van der Waals surface area contributed by atoms with Gasteiger partial charge in [0.15, 0.2) is 17.3 Å². The van der Waals surface area contributed by atoms with Crippen molar-refractivity contribution >= 4 is 34.4 Å². The lowest BCUT2D eigenvalue weighted by atomic mass is 9.88. The van der Waals surface area contributed by atoms with Crippen LogP contribution >= 0.6 is 12.2 Å². The van der Waals surface area contributed by atoms with E-state index in [0.29, 0.717) is 53.9 Å². The summed E-state index contributed by atoms with van der Waals surface area (Å²) in [5, 5.41) is 9.22. The molecule has 8 nitrogen and oxygen atoms in total. The summed E-state index contributed by atoms with van der Waals surface area (Å²) in [7, 11) is 5.59. The van der Waals surface area contributed by atoms with E-state index in [1.54, 1.807) is 6.92 Å². The van der Waals surface area contributed by atoms with Gasteiger partial charge in [-0.05, 0) is 32.6 Å². The molecule has 0 saturated heterocycles. The van der Waals surface area contributed by atoms with Crippen LogP contribution in [0, 0.1) is 0 Å². The Hall–Kier alpha value is -2.78. The van der Waals surface area contributed by atoms with Gasteiger partial charge in [0, 0.05) is 29.7 Å². The van der Waals surface area contributed by atoms with Crippen molar-refractivity contribution in [1.82, 2.24) is 0 Å². The Morgan fingerprint density at radius 2 is 1.03 bits per heavy atom. The average molecular weight is 479 g/mol. The molecule has 0 spiro atoms. The molecule has 0 aromatic carbocycles. The molecule has 0 atom stereocenters. The number of ketones is 3. The van der Waals surface area contributed by atoms with Crippen molar-refractivity contribution in [2.45, 2.75) is 45.4 Å². The first-order valence-electron chi connectivity index (χ1n) is 10.6. The SMILES string of the molecule is COC1=C(C)C(=S)C(OC)=C(CCCCCC2=C(OC)C(=O)C(CCO)=C(OC)C2=O)C1=O. The fourth-order valence-corrected chi connectivity index (χ4v) is 4.34. The summed E-state index contributed by atoms with van der Waals surface area (Å²) >= 11 is 5.42. The van der Waals surface area contributed by atoms with Crippen LogP contribution in [0.1, 0.15) is 45.4 Å². The molecule has 0 aromatic heterocycles. The summed E-state index contributed by atoms with van der Waals surface area (Å²) in [5.41, 5.74) is 1.44. The van der Waals surface area contributed by atoms with E-state index in [0.717, 1.165) is 0 Å². The zero-order valence-electron chi connectivity index (χ0n) is 19.7. The summed E-state index contributed by atoms with van der Waals surface area (Å²) in [4.78, 5) is 38.8. The van der Waals surface area contributed by atoms with Gasteiger partial charge in [0.25, 0.3) is 0 Å². The Morgan fingerprint density at radius 3 is 1.45 bits per heavy atom. The highest BCUT2D eigenvalue weighted by atomic mass is 32.1. The third kappa shape index (κ3) is 5.25. The number of carbonyl (C=O) groups excluding carboxylic acids is 3. The van der Waals surface area contributed by atoms with Crippen molar-refractivity contribution in [1.29, 1.82) is 0 Å². The number of aliphatic hydroxyl groups excluding tert-OH is 1. The molecule has 180 valence electrons. The van der Waals surface area contributed by atoms with Crippen molar-refractivity contribution in [3.8, 4) is 0 Å². The van der Waals surface area contributed by atoms with Gasteiger partial charge in [-0.2, -0.15) is 0 Å². The molecule has 2 aliphatic carbocycles. The van der Waals surface area contributed by atoms with Gasteiger partial charge in [0.05, 0.1) is 38.9 Å². The molecule has 1 N–H and O–H groups in total. The molecule has 9 heteroatoms. The number of aliphatic hydroxyl groups is 1. The predicted molar refractivity (Wildman–Crippen MR) is 124 cm³/mol. The lowest BCUT2D eigenvalue weighted by Crippen LogP contribution is -2.26. The second-order valence-corrected chi connectivity index (χ2v) is 7.95. The molecule has 0 unspecified atom stereocenters. The molecule has 0 amide bonds. The number of ether oxygens (including phenoxy) is 4. The zero-order valence-corrected chi connectivity index (χ0v) is 20.5. The number of methoxy groups -OCH3 is 4. The van der Waals surface area contributed by atoms with Crippen molar-refractivity contribution in [3.63, 3.8) is 0 Å². The molecule has 0 aliphatic heterocycles. The van der Waals surface area contributed by atoms with Crippen LogP contribution in [-0.2, 0) is 33.3 Å². The number of unbranched alkanes of at least 4 members (excludes halogenated alkanes) is 2. The Morgan fingerprint density at radius 1 is 0.636 bits per heavy atom. The van der Waals surface area contributed by atoms with Crippen LogP contribution in [0.15, 0.2) is 45.3 Å². The smallest absolute Gasteiger partial charge is 0.227 e. The second-order valence-electron chi connectivity index (χ2n) is 7.54. The quantitative estimate of drug-likeness (QED) is 0.257. The minimum absolute atomic E-state index is 0.00761. The van der Waals surface area contributed by atoms with Crippen molar-refractivity contribution in [2.75, 3.05) is 35.0 Å². The highest BCUT2D eigenvalue weighted by Crippen LogP contribution is 2.32. The first kappa shape index (κ1) is 26.5. The van der Waals surface area contributed by atoms with Gasteiger partial charge in [0.2, 0.25) is 17.3 Å². The molecule has 0 saturated carbocycles. The van der Waals surface area contributed by atoms with E-state index < -0.39 is 11.6 Å². The maximum atomic E-state index is 12.9. The van der Waals surface area contributed by atoms with Crippen LogP contribution in [0.2, 0.25) is 0 Å². The van der Waals surface area contributed by atoms with Crippen LogP contribution < -0.4 is 0 Å². The van der Waals surface area contributed by atoms with Gasteiger partial charge in [-0.25, -0.2) is 0 Å². The third-order valence-corrected chi connectivity index (χ3v) is 6.17. The van der Waals surface area contributed by atoms with E-state index in [9.17, 15) is 19.5 Å². The topological polar surface area (TPSA) is 108 Å². The molecule has 2 aliphatic rings. The maximum absolute atomic E-state index is 12.9. The molecular weight excluding hydrogens is 448 g/mol. The number of thiocarbonyl (C=S) groups is 1. The van der Waals surface area contributed by atoms with Gasteiger partial charge in [0.1, 0.15) is 5.76 Å². The van der Waals surface area contributed by atoms with Gasteiger partial charge in [-0.3, -0.25) is 14.4 Å². The standard InChI is InChI=1S/C24H30O8S/c1-13-20(29-2)17(26)15(23(32-5)24(13)33)10-8-6-7-9-14-18(27)22(31-4)16(11-12-25)19(28)21(14)30-3/h25H,6-12H2,1-5H3. The van der Waals surface area contributed by atoms with Gasteiger partial charge < -0.3 is 24.1 Å². The normalized spacial score (nSPS) is 17.4. The van der Waals surface area contributed by atoms with E-state index in [2.05, 4.69) is 0 Å². The lowest BCUT2D eigenvalue weighted by Gasteiger charge is -2.22. The average Bonchev–Trinajstić information content (AvgIpc) is 2.80. The number of Topliss-reactive ketones (excluding diaryl/α,β-unsaturated/α-hetero) is 3. The Labute approximate surface area is 198 Å². The summed E-state index contributed by atoms with van der Waals surface area (Å²) < 4.78 is 21.0. The molecule has 0 bridgehead atoms. The van der Waals surface area contributed by atoms with Crippen LogP contribution in [-0.4, -0.2) is 62.4 Å². The number of hydrogen-bond acceptors (Lipinski definition) is 9. The van der Waals surface area contributed by atoms with Crippen LogP contribution in [0.4, 0.5) is 0 Å². The Bertz CT molecular complexity index is 980. The van der Waals surface area contributed by atoms with E-state index in [1.165, 1.54) is 28.4 Å². The molecule has 0 radical (unpaired) electrons. The van der Waals surface area contributed by atoms with Crippen molar-refractivity contribution in [3.05, 3.63) is 45.3 Å². The predicted octanol–water partition coefficient (Wildman–Crippen LogP) is 3.05. The molecule has 2 rings (SSSR count). The van der Waals surface area contributed by atoms with Crippen LogP contribution in [0.3, 0.4) is 0 Å². The van der Waals surface area contributed by atoms with Gasteiger partial charge in [-0.1, -0.05) is 18.6 Å². The lowest BCUT2D eigenvalue weighted by molar-refractivity contribution is -0.121. The summed E-state index contributed by atoms with van der Waals surface area (Å²) in [6.45, 7) is 1.45. The largest absolute Gasteiger partial charge is 0.495 e. The van der Waals surface area contributed by atoms with E-state index in [4.69, 9.17) is 31.2 Å². The fourth-order valence-electron chi connectivity index (χ4n) is 4.04. The third-order valence-electron chi connectivity index (χ3n) is 5.68. The molecular formula is C24H30O8S. The van der Waals surface area contributed by atoms with Gasteiger partial charge in [-0.15, -0.1) is 0 Å². The maximum Gasteiger partial charge on any atom is 0.227 e. The highest BCUT2D eigenvalue weighted by Gasteiger charge is 2.36. The highest BCUT2D eigenvalue weighted by molar-refractivity contribution is 7.81. The van der Waals surface area contributed by atoms with Crippen LogP contribution in [0.5, 0.6) is 0 Å². The van der Waals surface area contributed by atoms with Gasteiger partial charge >= 0.3 is 0 Å². The number of hydrogen-bond donors (Lipinski definition) is 1. The summed E-state index contributed by atoms with van der Waals surface area (Å²) in [5.74, 6) is -0.499. The number of allylic oxidation sites excluding steroid dienone is 4. The monoisotopic (exact) mass is 478 g/mol. The molecule has 33 heavy (non-hydrogen) atoms. The molecule has 0 aromatic rings. The van der Waals surface area contributed by atoms with E-state index in [-0.39, 0.29) is 47.2 Å². The fraction of sp³-hybridized carbons (Fsp3) is 0.500. The number of carbonyl (C=O) groups is 3. The van der Waals surface area contributed by atoms with E-state index in [1.807, 2.05) is 0 Å².